The molecule has 360 valence electrons. The van der Waals surface area contributed by atoms with Crippen LogP contribution in [0.25, 0.3) is 0 Å². The van der Waals surface area contributed by atoms with Gasteiger partial charge in [-0.05, 0) is 134 Å². The van der Waals surface area contributed by atoms with Crippen molar-refractivity contribution in [3.8, 4) is 28.7 Å². The van der Waals surface area contributed by atoms with Gasteiger partial charge >= 0.3 is 6.09 Å². The molecule has 2 aliphatic heterocycles. The lowest BCUT2D eigenvalue weighted by molar-refractivity contribution is -0.384. The van der Waals surface area contributed by atoms with Crippen LogP contribution in [0.2, 0.25) is 0 Å². The van der Waals surface area contributed by atoms with Crippen molar-refractivity contribution in [1.82, 2.24) is 4.90 Å². The maximum Gasteiger partial charge on any atom is 0.410 e. The molecule has 0 spiro atoms. The fourth-order valence-electron chi connectivity index (χ4n) is 10.1. The molecule has 0 bridgehead atoms. The maximum absolute atomic E-state index is 14.7. The first-order valence-electron chi connectivity index (χ1n) is 23.3. The van der Waals surface area contributed by atoms with Crippen LogP contribution in [0.4, 0.5) is 10.5 Å². The van der Waals surface area contributed by atoms with E-state index >= 15 is 0 Å². The van der Waals surface area contributed by atoms with Gasteiger partial charge in [0.25, 0.3) is 5.69 Å². The smallest absolute Gasteiger partial charge is 0.410 e. The summed E-state index contributed by atoms with van der Waals surface area (Å²) in [6, 6.07) is 24.6. The maximum atomic E-state index is 14.7. The summed E-state index contributed by atoms with van der Waals surface area (Å²) < 4.78 is 38.3. The van der Waals surface area contributed by atoms with E-state index in [1.165, 1.54) is 12.1 Å². The number of aliphatic hydroxyl groups is 2. The Balaban J connectivity index is 1.32. The average Bonchev–Trinajstić information content (AvgIpc) is 3.83. The van der Waals surface area contributed by atoms with Crippen molar-refractivity contribution in [2.24, 2.45) is 22.9 Å². The molecule has 15 nitrogen and oxygen atoms in total. The molecule has 68 heavy (non-hydrogen) atoms. The number of aliphatic hydroxyl groups excluding tert-OH is 2. The molecular formula is C52H59N3O12S. The first-order chi connectivity index (χ1) is 33.2. The molecule has 4 aliphatic rings. The number of nitrogens with zero attached hydrogens (tertiary/aromatic N) is 3. The number of hydrogen-bond donors (Lipinski definition) is 2. The van der Waals surface area contributed by atoms with Crippen LogP contribution in [0.15, 0.2) is 119 Å². The summed E-state index contributed by atoms with van der Waals surface area (Å²) in [7, 11) is 0. The highest BCUT2D eigenvalue weighted by Crippen LogP contribution is 2.62. The van der Waals surface area contributed by atoms with Gasteiger partial charge in [-0.2, -0.15) is 0 Å². The zero-order chi connectivity index (χ0) is 47.6. The normalized spacial score (nSPS) is 22.6. The summed E-state index contributed by atoms with van der Waals surface area (Å²) in [5, 5.41) is 36.4. The van der Waals surface area contributed by atoms with Crippen LogP contribution in [-0.4, -0.2) is 83.1 Å². The third-order valence-electron chi connectivity index (χ3n) is 13.2. The fraction of sp³-hybridized carbons (Fsp3) is 0.423. The summed E-state index contributed by atoms with van der Waals surface area (Å²) in [5.74, 6) is 0.580. The number of ether oxygens (including phenoxy) is 6. The van der Waals surface area contributed by atoms with Crippen molar-refractivity contribution in [2.45, 2.75) is 87.7 Å². The number of hydrogen-bond acceptors (Lipinski definition) is 14. The van der Waals surface area contributed by atoms with E-state index in [0.29, 0.717) is 52.9 Å². The number of unbranched alkanes of at least 4 members (excludes halogenated alkanes) is 2. The van der Waals surface area contributed by atoms with E-state index in [9.17, 15) is 25.1 Å². The Morgan fingerprint density at radius 2 is 1.66 bits per heavy atom. The predicted octanol–water partition coefficient (Wildman–Crippen LogP) is 10.3. The number of benzene rings is 4. The molecule has 1 fully saturated rings. The molecule has 2 aliphatic carbocycles. The van der Waals surface area contributed by atoms with Gasteiger partial charge in [0.1, 0.15) is 29.9 Å². The minimum absolute atomic E-state index is 0.00516. The van der Waals surface area contributed by atoms with Gasteiger partial charge in [0.15, 0.2) is 11.5 Å². The largest absolute Gasteiger partial charge is 0.459 e. The van der Waals surface area contributed by atoms with E-state index in [1.807, 2.05) is 66.9 Å². The molecule has 2 N–H and O–H groups in total. The predicted molar refractivity (Wildman–Crippen MR) is 256 cm³/mol. The fourth-order valence-corrected chi connectivity index (χ4v) is 10.5. The van der Waals surface area contributed by atoms with Crippen LogP contribution >= 0.6 is 11.8 Å². The highest BCUT2D eigenvalue weighted by atomic mass is 32.2. The molecule has 1 saturated carbocycles. The molecule has 0 unspecified atom stereocenters. The molecule has 4 aromatic carbocycles. The monoisotopic (exact) mass is 949 g/mol. The second-order valence-electron chi connectivity index (χ2n) is 17.3. The Bertz CT molecular complexity index is 2460. The first-order valence-corrected chi connectivity index (χ1v) is 24.5. The van der Waals surface area contributed by atoms with Gasteiger partial charge in [-0.15, -0.1) is 18.3 Å². The Morgan fingerprint density at radius 3 is 2.38 bits per heavy atom. The van der Waals surface area contributed by atoms with Crippen molar-refractivity contribution < 1.29 is 53.2 Å². The molecule has 6 atom stereocenters. The lowest BCUT2D eigenvalue weighted by atomic mass is 9.55. The Hall–Kier alpha value is -6.07. The highest BCUT2D eigenvalue weighted by Gasteiger charge is 2.65. The van der Waals surface area contributed by atoms with Gasteiger partial charge in [-0.1, -0.05) is 36.2 Å². The van der Waals surface area contributed by atoms with Crippen LogP contribution < -0.4 is 18.9 Å². The van der Waals surface area contributed by atoms with Gasteiger partial charge < -0.3 is 43.5 Å². The molecule has 2 heterocycles. The second-order valence-corrected chi connectivity index (χ2v) is 18.1. The molecule has 0 saturated heterocycles. The van der Waals surface area contributed by atoms with Crippen LogP contribution in [-0.2, 0) is 27.5 Å². The van der Waals surface area contributed by atoms with Gasteiger partial charge in [-0.3, -0.25) is 15.0 Å². The van der Waals surface area contributed by atoms with Gasteiger partial charge in [0.05, 0.1) is 29.8 Å². The van der Waals surface area contributed by atoms with E-state index < -0.39 is 28.8 Å². The number of oxime groups is 1. The molecular weight excluding hydrogens is 891 g/mol. The zero-order valence-electron chi connectivity index (χ0n) is 38.5. The third kappa shape index (κ3) is 10.5. The number of carbonyl (C=O) groups is 1. The topological polar surface area (TPSA) is 181 Å². The van der Waals surface area contributed by atoms with E-state index in [4.69, 9.17) is 38.4 Å². The van der Waals surface area contributed by atoms with Crippen LogP contribution in [0.5, 0.6) is 28.7 Å². The SMILES string of the molecule is C=CCO[C@@]12Oc3ccc(Oc4ccc(SC)cc4)cc3[C@H]3[C@H](CCCCO)[C@@H](CCCCO)C=C(C(=NOCc4ccc([N+](=O)[O-])cc4)C[C@@H]1N(Cc1ccc4c(c1)OCO4)C(=O)OCC)[C@H]32. The van der Waals surface area contributed by atoms with Gasteiger partial charge in [-0.25, -0.2) is 4.79 Å². The quantitative estimate of drug-likeness (QED) is 0.0250. The summed E-state index contributed by atoms with van der Waals surface area (Å²) in [4.78, 5) is 34.6. The van der Waals surface area contributed by atoms with E-state index in [2.05, 4.69) is 12.7 Å². The number of thioether (sulfide) groups is 1. The minimum Gasteiger partial charge on any atom is -0.459 e. The number of allylic oxidation sites excluding steroid dienone is 1. The van der Waals surface area contributed by atoms with E-state index in [1.54, 1.807) is 41.8 Å². The molecule has 8 rings (SSSR count). The number of nitro benzene ring substituents is 1. The molecule has 4 aromatic rings. The van der Waals surface area contributed by atoms with E-state index in [-0.39, 0.29) is 76.2 Å². The van der Waals surface area contributed by atoms with Crippen LogP contribution in [0.3, 0.4) is 0 Å². The zero-order valence-corrected chi connectivity index (χ0v) is 39.3. The molecule has 0 radical (unpaired) electrons. The van der Waals surface area contributed by atoms with Crippen molar-refractivity contribution in [3.63, 3.8) is 0 Å². The standard InChI is InChI=1S/C52H59N3O12S/c1-4-26-64-52-48(54(51(58)61-5-2)31-35-14-22-46-47(27-35)63-33-62-46)30-44(53-65-32-34-12-15-37(16-13-34)55(59)60)42-28-36(10-6-8-24-56)41(11-7-9-25-57)49(50(42)52)43-29-39(19-23-45(43)67-52)66-38-17-20-40(68-3)21-18-38/h4,12-23,27-29,36,41,48-50,56-57H,1,5-11,24-26,30-33H2,2-3H3/t36-,41+,48-,49+,50+,52+/m0/s1. The average molecular weight is 950 g/mol. The number of nitro groups is 1. The van der Waals surface area contributed by atoms with Crippen LogP contribution in [0.1, 0.15) is 74.5 Å². The number of amides is 1. The number of rotatable bonds is 22. The van der Waals surface area contributed by atoms with E-state index in [0.717, 1.165) is 47.3 Å². The van der Waals surface area contributed by atoms with Crippen molar-refractivity contribution in [3.05, 3.63) is 136 Å². The Morgan fingerprint density at radius 1 is 0.941 bits per heavy atom. The number of fused-ring (bicyclic) bond motifs is 3. The Kier molecular flexibility index (Phi) is 15.9. The summed E-state index contributed by atoms with van der Waals surface area (Å²) in [6.07, 6.45) is 9.79. The van der Waals surface area contributed by atoms with Gasteiger partial charge in [0.2, 0.25) is 12.6 Å². The minimum atomic E-state index is -1.54. The lowest BCUT2D eigenvalue weighted by Gasteiger charge is -2.59. The second kappa shape index (κ2) is 22.4. The van der Waals surface area contributed by atoms with Crippen molar-refractivity contribution in [1.29, 1.82) is 0 Å². The van der Waals surface area contributed by atoms with Crippen molar-refractivity contribution in [2.75, 3.05) is 39.5 Å². The number of carbonyl (C=O) groups excluding carboxylic acids is 1. The summed E-state index contributed by atoms with van der Waals surface area (Å²) in [5.41, 5.74) is 3.74. The number of non-ortho nitro benzene ring substituents is 1. The molecule has 16 heteroatoms. The molecule has 0 aromatic heterocycles. The van der Waals surface area contributed by atoms with Crippen LogP contribution in [0, 0.1) is 27.9 Å². The Labute approximate surface area is 400 Å². The lowest BCUT2D eigenvalue weighted by Crippen LogP contribution is -2.70. The first kappa shape index (κ1) is 48.4. The highest BCUT2D eigenvalue weighted by molar-refractivity contribution is 7.98. The van der Waals surface area contributed by atoms with Gasteiger partial charge in [0, 0.05) is 54.7 Å². The summed E-state index contributed by atoms with van der Waals surface area (Å²) in [6.45, 7) is 6.29. The molecule has 1 amide bonds. The third-order valence-corrected chi connectivity index (χ3v) is 13.9. The summed E-state index contributed by atoms with van der Waals surface area (Å²) >= 11 is 1.65. The van der Waals surface area contributed by atoms with Crippen molar-refractivity contribution >= 4 is 29.3 Å².